The molecule has 4 amide bonds. The summed E-state index contributed by atoms with van der Waals surface area (Å²) in [5.74, 6) is -1.01. The van der Waals surface area contributed by atoms with Crippen LogP contribution in [0, 0.1) is 11.7 Å². The molecule has 1 spiro atoms. The van der Waals surface area contributed by atoms with Crippen LogP contribution in [-0.2, 0) is 28.7 Å². The molecule has 2 aliphatic carbocycles. The highest BCUT2D eigenvalue weighted by molar-refractivity contribution is 6.17. The molecular formula is C29H26FN5O5. The van der Waals surface area contributed by atoms with Crippen LogP contribution in [-0.4, -0.2) is 62.4 Å². The first-order chi connectivity index (χ1) is 19.2. The molecule has 11 heteroatoms. The number of hydrogen-bond donors (Lipinski definition) is 1. The summed E-state index contributed by atoms with van der Waals surface area (Å²) in [4.78, 5) is 56.2. The maximum Gasteiger partial charge on any atom is 0.325 e. The number of benzene rings is 2. The summed E-state index contributed by atoms with van der Waals surface area (Å²) in [7, 11) is 1.79. The Kier molecular flexibility index (Phi) is 5.35. The third-order valence-electron chi connectivity index (χ3n) is 8.37. The number of rotatable bonds is 4. The predicted octanol–water partition coefficient (Wildman–Crippen LogP) is 2.76. The molecule has 10 nitrogen and oxygen atoms in total. The molecule has 2 aromatic carbocycles. The van der Waals surface area contributed by atoms with Crippen LogP contribution >= 0.6 is 0 Å². The molecule has 7 rings (SSSR count). The largest absolute Gasteiger partial charge is 0.491 e. The fourth-order valence-corrected chi connectivity index (χ4v) is 6.15. The van der Waals surface area contributed by atoms with Gasteiger partial charge in [-0.15, -0.1) is 0 Å². The Morgan fingerprint density at radius 3 is 2.73 bits per heavy atom. The molecular weight excluding hydrogens is 517 g/mol. The highest BCUT2D eigenvalue weighted by Crippen LogP contribution is 2.43. The normalized spacial score (nSPS) is 23.6. The van der Waals surface area contributed by atoms with Crippen molar-refractivity contribution in [2.45, 2.75) is 37.4 Å². The van der Waals surface area contributed by atoms with Crippen LogP contribution < -0.4 is 10.1 Å². The van der Waals surface area contributed by atoms with E-state index in [1.165, 1.54) is 12.1 Å². The lowest BCUT2D eigenvalue weighted by atomic mass is 9.90. The molecule has 2 fully saturated rings. The van der Waals surface area contributed by atoms with Crippen molar-refractivity contribution >= 4 is 23.6 Å². The molecule has 3 heterocycles. The van der Waals surface area contributed by atoms with Gasteiger partial charge < -0.3 is 15.0 Å². The van der Waals surface area contributed by atoms with Gasteiger partial charge in [0.15, 0.2) is 11.3 Å². The van der Waals surface area contributed by atoms with E-state index in [0.717, 1.165) is 28.9 Å². The van der Waals surface area contributed by atoms with E-state index in [9.17, 15) is 23.6 Å². The highest BCUT2D eigenvalue weighted by Gasteiger charge is 2.58. The number of nitrogens with zero attached hydrogens (tertiary/aromatic N) is 4. The zero-order chi connectivity index (χ0) is 27.8. The zero-order valence-corrected chi connectivity index (χ0v) is 21.7. The molecule has 1 unspecified atom stereocenters. The number of Topliss-reactive ketones (excluding diaryl/α,β-unsaturated/α-hetero) is 1. The number of carbonyl (C=O) groups excluding carboxylic acids is 4. The van der Waals surface area contributed by atoms with Gasteiger partial charge in [0.2, 0.25) is 5.91 Å². The number of nitrogens with one attached hydrogen (secondary N) is 1. The first kappa shape index (κ1) is 24.5. The standard InChI is InChI=1S/C29H26FN5O5/c1-33-12-19(11-31-33)17-4-6-22-21(9-17)24(36)10-29(22)27(38)35(28(39)32-29)14-26(37)34-13-18-8-20(30)5-7-25(18)40-15-23(34)16-2-3-16/h4-9,11-12,16,23H,2-3,10,13-15H2,1H3,(H,32,39)/t23?,29-/m1/s1. The minimum Gasteiger partial charge on any atom is -0.491 e. The first-order valence-electron chi connectivity index (χ1n) is 13.2. The maximum atomic E-state index is 14.0. The maximum absolute atomic E-state index is 14.0. The minimum absolute atomic E-state index is 0.111. The summed E-state index contributed by atoms with van der Waals surface area (Å²) >= 11 is 0. The lowest BCUT2D eigenvalue weighted by molar-refractivity contribution is -0.141. The summed E-state index contributed by atoms with van der Waals surface area (Å²) in [6.07, 6.45) is 5.16. The van der Waals surface area contributed by atoms with Gasteiger partial charge >= 0.3 is 6.03 Å². The van der Waals surface area contributed by atoms with Crippen molar-refractivity contribution < 1.29 is 28.3 Å². The van der Waals surface area contributed by atoms with Gasteiger partial charge in [-0.1, -0.05) is 12.1 Å². The fraction of sp³-hybridized carbons (Fsp3) is 0.345. The van der Waals surface area contributed by atoms with Crippen molar-refractivity contribution in [1.29, 1.82) is 0 Å². The van der Waals surface area contributed by atoms with Crippen LogP contribution in [0.3, 0.4) is 0 Å². The predicted molar refractivity (Wildman–Crippen MR) is 138 cm³/mol. The number of hydrogen-bond acceptors (Lipinski definition) is 6. The number of amides is 4. The molecule has 204 valence electrons. The van der Waals surface area contributed by atoms with E-state index in [1.807, 2.05) is 6.20 Å². The molecule has 0 bridgehead atoms. The van der Waals surface area contributed by atoms with Crippen molar-refractivity contribution in [3.63, 3.8) is 0 Å². The number of imide groups is 1. The van der Waals surface area contributed by atoms with E-state index in [1.54, 1.807) is 47.1 Å². The van der Waals surface area contributed by atoms with Gasteiger partial charge in [0, 0.05) is 42.9 Å². The van der Waals surface area contributed by atoms with Gasteiger partial charge in [-0.05, 0) is 54.2 Å². The van der Waals surface area contributed by atoms with E-state index in [-0.39, 0.29) is 37.3 Å². The number of urea groups is 1. The Morgan fingerprint density at radius 1 is 1.15 bits per heavy atom. The quantitative estimate of drug-likeness (QED) is 0.507. The summed E-state index contributed by atoms with van der Waals surface area (Å²) < 4.78 is 21.6. The Balaban J connectivity index is 1.16. The average molecular weight is 544 g/mol. The summed E-state index contributed by atoms with van der Waals surface area (Å²) in [6.45, 7) is -0.127. The minimum atomic E-state index is -1.55. The number of aromatic nitrogens is 2. The molecule has 4 aliphatic rings. The van der Waals surface area contributed by atoms with Crippen LogP contribution in [0.4, 0.5) is 9.18 Å². The molecule has 1 aromatic heterocycles. The number of ketones is 1. The summed E-state index contributed by atoms with van der Waals surface area (Å²) in [5.41, 5.74) is 1.35. The highest BCUT2D eigenvalue weighted by atomic mass is 19.1. The lowest BCUT2D eigenvalue weighted by Gasteiger charge is -2.30. The SMILES string of the molecule is Cn1cc(-c2ccc3c(c2)C(=O)C[C@@]32NC(=O)N(CC(=O)N3Cc4cc(F)ccc4OCC3C3CC3)C2=O)cn1. The molecule has 1 saturated heterocycles. The Labute approximate surface area is 228 Å². The second-order valence-corrected chi connectivity index (χ2v) is 11.0. The van der Waals surface area contributed by atoms with Gasteiger partial charge in [-0.3, -0.25) is 24.0 Å². The van der Waals surface area contributed by atoms with E-state index < -0.39 is 35.7 Å². The van der Waals surface area contributed by atoms with Crippen LogP contribution in [0.1, 0.15) is 40.7 Å². The number of aryl methyl sites for hydroxylation is 1. The van der Waals surface area contributed by atoms with Gasteiger partial charge in [0.1, 0.15) is 24.7 Å². The molecule has 1 N–H and O–H groups in total. The van der Waals surface area contributed by atoms with Crippen molar-refractivity contribution in [2.75, 3.05) is 13.2 Å². The second-order valence-electron chi connectivity index (χ2n) is 11.0. The van der Waals surface area contributed by atoms with Gasteiger partial charge in [0.05, 0.1) is 12.2 Å². The van der Waals surface area contributed by atoms with E-state index in [4.69, 9.17) is 4.74 Å². The molecule has 0 radical (unpaired) electrons. The Morgan fingerprint density at radius 2 is 1.98 bits per heavy atom. The fourth-order valence-electron chi connectivity index (χ4n) is 6.15. The lowest BCUT2D eigenvalue weighted by Crippen LogP contribution is -2.49. The molecule has 40 heavy (non-hydrogen) atoms. The zero-order valence-electron chi connectivity index (χ0n) is 21.7. The van der Waals surface area contributed by atoms with Crippen LogP contribution in [0.2, 0.25) is 0 Å². The van der Waals surface area contributed by atoms with Gasteiger partial charge in [-0.2, -0.15) is 5.10 Å². The Bertz CT molecular complexity index is 1610. The third kappa shape index (κ3) is 3.79. The monoisotopic (exact) mass is 543 g/mol. The average Bonchev–Trinajstić information content (AvgIpc) is 3.60. The van der Waals surface area contributed by atoms with E-state index in [0.29, 0.717) is 22.4 Å². The topological polar surface area (TPSA) is 114 Å². The van der Waals surface area contributed by atoms with Crippen molar-refractivity contribution in [2.24, 2.45) is 13.0 Å². The van der Waals surface area contributed by atoms with Crippen molar-refractivity contribution in [3.05, 3.63) is 71.3 Å². The second kappa shape index (κ2) is 8.73. The van der Waals surface area contributed by atoms with Crippen LogP contribution in [0.25, 0.3) is 11.1 Å². The molecule has 1 saturated carbocycles. The number of ether oxygens (including phenoxy) is 1. The van der Waals surface area contributed by atoms with Crippen molar-refractivity contribution in [3.8, 4) is 16.9 Å². The van der Waals surface area contributed by atoms with Crippen LogP contribution in [0.5, 0.6) is 5.75 Å². The van der Waals surface area contributed by atoms with Crippen molar-refractivity contribution in [1.82, 2.24) is 24.9 Å². The third-order valence-corrected chi connectivity index (χ3v) is 8.37. The number of halogens is 1. The summed E-state index contributed by atoms with van der Waals surface area (Å²) in [6, 6.07) is 8.42. The summed E-state index contributed by atoms with van der Waals surface area (Å²) in [5, 5.41) is 6.89. The van der Waals surface area contributed by atoms with E-state index >= 15 is 0 Å². The van der Waals surface area contributed by atoms with Gasteiger partial charge in [0.25, 0.3) is 5.91 Å². The molecule has 2 aliphatic heterocycles. The van der Waals surface area contributed by atoms with Gasteiger partial charge in [-0.25, -0.2) is 9.18 Å². The molecule has 3 aromatic rings. The number of fused-ring (bicyclic) bond motifs is 3. The van der Waals surface area contributed by atoms with Crippen LogP contribution in [0.15, 0.2) is 48.8 Å². The molecule has 2 atom stereocenters. The van der Waals surface area contributed by atoms with E-state index in [2.05, 4.69) is 10.4 Å². The number of carbonyl (C=O) groups is 4. The first-order valence-corrected chi connectivity index (χ1v) is 13.2. The smallest absolute Gasteiger partial charge is 0.325 e. The Hall–Kier alpha value is -4.54.